The van der Waals surface area contributed by atoms with Gasteiger partial charge in [-0.2, -0.15) is 0 Å². The second kappa shape index (κ2) is 7.33. The molecule has 17 heavy (non-hydrogen) atoms. The Balaban J connectivity index is 2.48. The summed E-state index contributed by atoms with van der Waals surface area (Å²) in [5, 5.41) is -0.195. The van der Waals surface area contributed by atoms with Gasteiger partial charge in [0, 0.05) is 5.38 Å². The van der Waals surface area contributed by atoms with Crippen molar-refractivity contribution in [3.63, 3.8) is 0 Å². The van der Waals surface area contributed by atoms with Crippen LogP contribution in [0.2, 0.25) is 0 Å². The molecule has 1 rings (SSSR count). The van der Waals surface area contributed by atoms with Gasteiger partial charge in [0.25, 0.3) is 0 Å². The summed E-state index contributed by atoms with van der Waals surface area (Å²) in [4.78, 5) is 11.0. The van der Waals surface area contributed by atoms with E-state index in [-0.39, 0.29) is 17.8 Å². The molecule has 0 bridgehead atoms. The third-order valence-electron chi connectivity index (χ3n) is 2.63. The van der Waals surface area contributed by atoms with Crippen LogP contribution in [0.25, 0.3) is 0 Å². The molecule has 0 aliphatic rings. The van der Waals surface area contributed by atoms with Gasteiger partial charge in [-0.1, -0.05) is 37.6 Å². The molecule has 1 atom stereocenters. The van der Waals surface area contributed by atoms with Crippen LogP contribution in [-0.4, -0.2) is 18.5 Å². The van der Waals surface area contributed by atoms with E-state index in [4.69, 9.17) is 11.6 Å². The van der Waals surface area contributed by atoms with Crippen LogP contribution < -0.4 is 0 Å². The summed E-state index contributed by atoms with van der Waals surface area (Å²) in [5.41, 5.74) is 2.50. The van der Waals surface area contributed by atoms with Gasteiger partial charge in [-0.05, 0) is 24.0 Å². The Morgan fingerprint density at radius 1 is 1.29 bits per heavy atom. The van der Waals surface area contributed by atoms with Crippen molar-refractivity contribution in [2.75, 3.05) is 7.11 Å². The Morgan fingerprint density at radius 2 is 1.88 bits per heavy atom. The number of hydrogen-bond acceptors (Lipinski definition) is 2. The molecule has 0 radical (unpaired) electrons. The standard InChI is InChI=1S/C14H19ClO2/c1-3-4-11-5-7-12(8-6-11)9-13(15)10-14(16)17-2/h5-8,13H,3-4,9-10H2,1-2H3. The number of esters is 1. The lowest BCUT2D eigenvalue weighted by Crippen LogP contribution is -2.12. The SMILES string of the molecule is CCCc1ccc(CC(Cl)CC(=O)OC)cc1. The van der Waals surface area contributed by atoms with Gasteiger partial charge in [-0.3, -0.25) is 4.79 Å². The lowest BCUT2D eigenvalue weighted by Gasteiger charge is -2.08. The molecule has 94 valence electrons. The highest BCUT2D eigenvalue weighted by Crippen LogP contribution is 2.14. The minimum atomic E-state index is -0.257. The Bertz CT molecular complexity index is 346. The molecule has 0 aliphatic carbocycles. The number of carbonyl (C=O) groups is 1. The van der Waals surface area contributed by atoms with E-state index in [0.717, 1.165) is 18.4 Å². The van der Waals surface area contributed by atoms with Crippen LogP contribution >= 0.6 is 11.6 Å². The van der Waals surface area contributed by atoms with Crippen LogP contribution in [0.1, 0.15) is 30.9 Å². The molecule has 1 aromatic rings. The molecule has 3 heteroatoms. The predicted molar refractivity (Wildman–Crippen MR) is 70.4 cm³/mol. The van der Waals surface area contributed by atoms with E-state index >= 15 is 0 Å². The highest BCUT2D eigenvalue weighted by atomic mass is 35.5. The van der Waals surface area contributed by atoms with Crippen molar-refractivity contribution in [1.29, 1.82) is 0 Å². The summed E-state index contributed by atoms with van der Waals surface area (Å²) < 4.78 is 4.59. The van der Waals surface area contributed by atoms with Crippen molar-refractivity contribution in [2.45, 2.75) is 38.0 Å². The maximum atomic E-state index is 11.0. The van der Waals surface area contributed by atoms with E-state index in [1.54, 1.807) is 0 Å². The molecule has 0 heterocycles. The van der Waals surface area contributed by atoms with Gasteiger partial charge >= 0.3 is 5.97 Å². The van der Waals surface area contributed by atoms with Crippen LogP contribution in [0.4, 0.5) is 0 Å². The van der Waals surface area contributed by atoms with Gasteiger partial charge in [-0.15, -0.1) is 11.6 Å². The van der Waals surface area contributed by atoms with Crippen LogP contribution in [0.3, 0.4) is 0 Å². The summed E-state index contributed by atoms with van der Waals surface area (Å²) >= 11 is 6.09. The molecular weight excluding hydrogens is 236 g/mol. The number of ether oxygens (including phenoxy) is 1. The van der Waals surface area contributed by atoms with E-state index in [9.17, 15) is 4.79 Å². The second-order valence-electron chi connectivity index (χ2n) is 4.15. The van der Waals surface area contributed by atoms with E-state index in [2.05, 4.69) is 35.9 Å². The monoisotopic (exact) mass is 254 g/mol. The molecule has 0 aromatic heterocycles. The fourth-order valence-electron chi connectivity index (χ4n) is 1.72. The summed E-state index contributed by atoms with van der Waals surface area (Å²) in [6.45, 7) is 2.17. The first kappa shape index (κ1) is 14.0. The quantitative estimate of drug-likeness (QED) is 0.575. The van der Waals surface area contributed by atoms with Crippen molar-refractivity contribution in [3.8, 4) is 0 Å². The largest absolute Gasteiger partial charge is 0.469 e. The Hall–Kier alpha value is -1.02. The molecule has 2 nitrogen and oxygen atoms in total. The molecule has 1 unspecified atom stereocenters. The average Bonchev–Trinajstić information content (AvgIpc) is 2.31. The number of hydrogen-bond donors (Lipinski definition) is 0. The topological polar surface area (TPSA) is 26.3 Å². The second-order valence-corrected chi connectivity index (χ2v) is 4.77. The van der Waals surface area contributed by atoms with Gasteiger partial charge in [0.15, 0.2) is 0 Å². The number of methoxy groups -OCH3 is 1. The molecule has 1 aromatic carbocycles. The average molecular weight is 255 g/mol. The molecule has 0 spiro atoms. The normalized spacial score (nSPS) is 12.2. The van der Waals surface area contributed by atoms with Gasteiger partial charge in [-0.25, -0.2) is 0 Å². The zero-order chi connectivity index (χ0) is 12.7. The molecule has 0 N–H and O–H groups in total. The molecule has 0 fully saturated rings. The summed E-state index contributed by atoms with van der Waals surface area (Å²) in [7, 11) is 1.38. The minimum absolute atomic E-state index is 0.195. The van der Waals surface area contributed by atoms with Crippen LogP contribution in [0.15, 0.2) is 24.3 Å². The number of halogens is 1. The Morgan fingerprint density at radius 3 is 2.41 bits per heavy atom. The lowest BCUT2D eigenvalue weighted by molar-refractivity contribution is -0.140. The zero-order valence-corrected chi connectivity index (χ0v) is 11.2. The molecule has 0 aliphatic heterocycles. The number of carbonyl (C=O) groups excluding carboxylic acids is 1. The number of alkyl halides is 1. The van der Waals surface area contributed by atoms with Gasteiger partial charge in [0.1, 0.15) is 0 Å². The number of rotatable bonds is 6. The maximum Gasteiger partial charge on any atom is 0.307 e. The van der Waals surface area contributed by atoms with E-state index in [0.29, 0.717) is 6.42 Å². The van der Waals surface area contributed by atoms with Crippen molar-refractivity contribution >= 4 is 17.6 Å². The highest BCUT2D eigenvalue weighted by Gasteiger charge is 2.11. The highest BCUT2D eigenvalue weighted by molar-refractivity contribution is 6.21. The third kappa shape index (κ3) is 5.22. The fourth-order valence-corrected chi connectivity index (χ4v) is 2.03. The van der Waals surface area contributed by atoms with E-state index in [1.807, 2.05) is 0 Å². The summed E-state index contributed by atoms with van der Waals surface area (Å²) in [5.74, 6) is -0.257. The Labute approximate surface area is 108 Å². The molecule has 0 amide bonds. The maximum absolute atomic E-state index is 11.0. The minimum Gasteiger partial charge on any atom is -0.469 e. The van der Waals surface area contributed by atoms with Crippen molar-refractivity contribution in [1.82, 2.24) is 0 Å². The number of benzene rings is 1. The molecule has 0 saturated heterocycles. The van der Waals surface area contributed by atoms with Crippen molar-refractivity contribution in [3.05, 3.63) is 35.4 Å². The summed E-state index contributed by atoms with van der Waals surface area (Å²) in [6.07, 6.45) is 3.21. The fraction of sp³-hybridized carbons (Fsp3) is 0.500. The molecule has 0 saturated carbocycles. The van der Waals surface area contributed by atoms with E-state index < -0.39 is 0 Å². The first-order valence-corrected chi connectivity index (χ1v) is 6.38. The molecular formula is C14H19ClO2. The third-order valence-corrected chi connectivity index (χ3v) is 2.94. The van der Waals surface area contributed by atoms with Crippen LogP contribution in [0, 0.1) is 0 Å². The zero-order valence-electron chi connectivity index (χ0n) is 10.4. The van der Waals surface area contributed by atoms with Gasteiger partial charge < -0.3 is 4.74 Å². The summed E-state index contributed by atoms with van der Waals surface area (Å²) in [6, 6.07) is 8.41. The van der Waals surface area contributed by atoms with E-state index in [1.165, 1.54) is 12.7 Å². The van der Waals surface area contributed by atoms with Gasteiger partial charge in [0.2, 0.25) is 0 Å². The lowest BCUT2D eigenvalue weighted by atomic mass is 10.0. The van der Waals surface area contributed by atoms with Crippen molar-refractivity contribution in [2.24, 2.45) is 0 Å². The smallest absolute Gasteiger partial charge is 0.307 e. The predicted octanol–water partition coefficient (Wildman–Crippen LogP) is 3.35. The van der Waals surface area contributed by atoms with Crippen LogP contribution in [0.5, 0.6) is 0 Å². The first-order chi connectivity index (χ1) is 8.15. The van der Waals surface area contributed by atoms with Crippen molar-refractivity contribution < 1.29 is 9.53 Å². The van der Waals surface area contributed by atoms with Crippen LogP contribution in [-0.2, 0) is 22.4 Å². The Kier molecular flexibility index (Phi) is 6.06. The van der Waals surface area contributed by atoms with Gasteiger partial charge in [0.05, 0.1) is 13.5 Å². The first-order valence-electron chi connectivity index (χ1n) is 5.94. The number of aryl methyl sites for hydroxylation is 1.